The highest BCUT2D eigenvalue weighted by Gasteiger charge is 2.45. The van der Waals surface area contributed by atoms with Gasteiger partial charge < -0.3 is 10.6 Å². The van der Waals surface area contributed by atoms with Gasteiger partial charge in [0.2, 0.25) is 0 Å². The number of Topliss-reactive ketones (excluding diaryl/α,β-unsaturated/α-hetero) is 1. The Balaban J connectivity index is 1.51. The summed E-state index contributed by atoms with van der Waals surface area (Å²) < 4.78 is 0. The summed E-state index contributed by atoms with van der Waals surface area (Å²) in [5.74, 6) is 0.917. The number of unbranched alkanes of at least 4 members (excludes halogenated alkanes) is 3. The highest BCUT2D eigenvalue weighted by molar-refractivity contribution is 7.17. The lowest BCUT2D eigenvalue weighted by atomic mass is 9.81. The van der Waals surface area contributed by atoms with Gasteiger partial charge in [0.05, 0.1) is 21.7 Å². The molecule has 4 aromatic rings. The summed E-state index contributed by atoms with van der Waals surface area (Å²) in [5, 5.41) is 0. The molecule has 55 heavy (non-hydrogen) atoms. The van der Waals surface area contributed by atoms with Crippen LogP contribution in [-0.4, -0.2) is 23.1 Å². The van der Waals surface area contributed by atoms with Crippen LogP contribution < -0.4 is 5.73 Å². The predicted octanol–water partition coefficient (Wildman–Crippen LogP) is 13.6. The van der Waals surface area contributed by atoms with Crippen molar-refractivity contribution in [1.82, 2.24) is 4.90 Å². The molecule has 0 fully saturated rings. The molecule has 6 rings (SSSR count). The van der Waals surface area contributed by atoms with Crippen LogP contribution in [0.25, 0.3) is 32.2 Å². The molecule has 2 aromatic carbocycles. The molecule has 288 valence electrons. The maximum atomic E-state index is 15.2. The minimum Gasteiger partial charge on any atom is -0.399 e. The Bertz CT molecular complexity index is 2060. The first-order chi connectivity index (χ1) is 26.8. The van der Waals surface area contributed by atoms with Crippen LogP contribution in [0.15, 0.2) is 108 Å². The smallest absolute Gasteiger partial charge is 0.259 e. The maximum absolute atomic E-state index is 15.2. The average molecular weight is 771 g/mol. The topological polar surface area (TPSA) is 63.4 Å². The third-order valence-corrected chi connectivity index (χ3v) is 13.7. The molecule has 2 atom stereocenters. The summed E-state index contributed by atoms with van der Waals surface area (Å²) in [5.41, 5.74) is 14.2. The van der Waals surface area contributed by atoms with Crippen molar-refractivity contribution in [2.75, 3.05) is 12.3 Å². The maximum Gasteiger partial charge on any atom is 0.259 e. The number of hydrogen-bond donors (Lipinski definition) is 1. The number of nitrogens with two attached hydrogens (primary N) is 1. The zero-order valence-electron chi connectivity index (χ0n) is 33.3. The number of nitrogen functional groups attached to an aromatic ring is 1. The minimum atomic E-state index is -0.0324. The van der Waals surface area contributed by atoms with Gasteiger partial charge >= 0.3 is 0 Å². The predicted molar refractivity (Wildman–Crippen MR) is 237 cm³/mol. The van der Waals surface area contributed by atoms with Crippen LogP contribution >= 0.6 is 22.7 Å². The average Bonchev–Trinajstić information content (AvgIpc) is 3.95. The molecule has 2 aromatic heterocycles. The Hall–Kier alpha value is -4.26. The number of allylic oxidation sites excluding steroid dienone is 4. The lowest BCUT2D eigenvalue weighted by Crippen LogP contribution is -2.31. The molecule has 0 saturated carbocycles. The van der Waals surface area contributed by atoms with Gasteiger partial charge in [0, 0.05) is 38.9 Å². The van der Waals surface area contributed by atoms with Crippen LogP contribution in [0.5, 0.6) is 0 Å². The molecule has 0 saturated heterocycles. The van der Waals surface area contributed by atoms with E-state index in [1.54, 1.807) is 22.7 Å². The van der Waals surface area contributed by atoms with Crippen LogP contribution in [-0.2, 0) is 16.0 Å². The van der Waals surface area contributed by atoms with E-state index < -0.39 is 0 Å². The lowest BCUT2D eigenvalue weighted by molar-refractivity contribution is -0.124. The molecule has 0 bridgehead atoms. The van der Waals surface area contributed by atoms with E-state index in [1.165, 1.54) is 31.2 Å². The third-order valence-electron chi connectivity index (χ3n) is 11.4. The van der Waals surface area contributed by atoms with Crippen molar-refractivity contribution >= 4 is 51.3 Å². The highest BCUT2D eigenvalue weighted by atomic mass is 32.1. The lowest BCUT2D eigenvalue weighted by Gasteiger charge is -2.25. The van der Waals surface area contributed by atoms with Gasteiger partial charge in [0.15, 0.2) is 5.78 Å². The molecule has 1 aliphatic heterocycles. The summed E-state index contributed by atoms with van der Waals surface area (Å²) in [6.07, 6.45) is 16.5. The van der Waals surface area contributed by atoms with E-state index in [9.17, 15) is 4.79 Å². The second-order valence-corrected chi connectivity index (χ2v) is 17.4. The first-order valence-electron chi connectivity index (χ1n) is 20.6. The van der Waals surface area contributed by atoms with Gasteiger partial charge in [-0.25, -0.2) is 0 Å². The van der Waals surface area contributed by atoms with E-state index >= 15 is 4.79 Å². The number of ketones is 1. The number of carbonyl (C=O) groups excluding carboxylic acids is 2. The number of amides is 1. The Kier molecular flexibility index (Phi) is 14.0. The fourth-order valence-corrected chi connectivity index (χ4v) is 10.2. The van der Waals surface area contributed by atoms with Gasteiger partial charge in [-0.05, 0) is 89.8 Å². The fraction of sp³-hybridized carbons (Fsp3) is 0.388. The molecule has 0 spiro atoms. The first kappa shape index (κ1) is 40.4. The normalized spacial score (nSPS) is 16.4. The van der Waals surface area contributed by atoms with Crippen LogP contribution in [0, 0.1) is 11.8 Å². The molecule has 2 unspecified atom stereocenters. The minimum absolute atomic E-state index is 0.0324. The van der Waals surface area contributed by atoms with Crippen LogP contribution in [0.4, 0.5) is 5.69 Å². The Morgan fingerprint density at radius 2 is 1.31 bits per heavy atom. The van der Waals surface area contributed by atoms with Gasteiger partial charge in [-0.3, -0.25) is 9.59 Å². The zero-order chi connectivity index (χ0) is 38.9. The van der Waals surface area contributed by atoms with E-state index in [2.05, 4.69) is 101 Å². The van der Waals surface area contributed by atoms with Crippen molar-refractivity contribution < 1.29 is 9.59 Å². The van der Waals surface area contributed by atoms with E-state index in [4.69, 9.17) is 5.73 Å². The number of rotatable bonds is 19. The van der Waals surface area contributed by atoms with E-state index in [-0.39, 0.29) is 11.7 Å². The molecule has 0 radical (unpaired) electrons. The number of carbonyl (C=O) groups is 2. The Labute approximate surface area is 337 Å². The second kappa shape index (κ2) is 19.1. The molecule has 2 N–H and O–H groups in total. The SMILES string of the molecule is C=CCc1ccc(-c2ccc(C3=C4C(=O)C/C(=C/CC(CC)CCCCC)C(c5ccc(-c6ccc(N)cc6)s5)=C4C(=O)N3CC(CC)CCCC)s2)cc1. The summed E-state index contributed by atoms with van der Waals surface area (Å²) >= 11 is 3.37. The molecule has 1 aliphatic carbocycles. The fourth-order valence-electron chi connectivity index (χ4n) is 8.02. The number of hydrogen-bond acceptors (Lipinski definition) is 5. The Morgan fingerprint density at radius 1 is 0.709 bits per heavy atom. The summed E-state index contributed by atoms with van der Waals surface area (Å²) in [6.45, 7) is 13.5. The summed E-state index contributed by atoms with van der Waals surface area (Å²) in [4.78, 5) is 36.2. The third kappa shape index (κ3) is 9.24. The number of anilines is 1. The molecule has 3 heterocycles. The molecule has 6 heteroatoms. The quantitative estimate of drug-likeness (QED) is 0.0587. The van der Waals surface area contributed by atoms with E-state index in [0.717, 1.165) is 98.1 Å². The van der Waals surface area contributed by atoms with Gasteiger partial charge in [0.1, 0.15) is 0 Å². The molecule has 4 nitrogen and oxygen atoms in total. The van der Waals surface area contributed by atoms with Gasteiger partial charge in [-0.1, -0.05) is 128 Å². The van der Waals surface area contributed by atoms with Gasteiger partial charge in [0.25, 0.3) is 5.91 Å². The Morgan fingerprint density at radius 3 is 1.95 bits per heavy atom. The van der Waals surface area contributed by atoms with Gasteiger partial charge in [-0.2, -0.15) is 0 Å². The number of fused-ring (bicyclic) bond motifs is 1. The standard InChI is InChI=1S/C49H58N2O2S2/c1-6-11-13-16-33(9-4)17-22-38-31-40(52)46-47(45(38)43-29-27-41(54-43)37-23-25-39(50)26-24-37)49(53)51(32-34(10-5)15-12-7-2)48(46)44-30-28-42(55-44)36-20-18-35(14-8-3)19-21-36/h8,18-30,33-34H,3,6-7,9-17,31-32,50H2,1-2,4-5H3/b38-22-. The van der Waals surface area contributed by atoms with Crippen molar-refractivity contribution in [3.8, 4) is 20.9 Å². The van der Waals surface area contributed by atoms with Crippen molar-refractivity contribution in [3.63, 3.8) is 0 Å². The summed E-state index contributed by atoms with van der Waals surface area (Å²) in [7, 11) is 0. The molecular formula is C49H58N2O2S2. The second-order valence-electron chi connectivity index (χ2n) is 15.3. The molecular weight excluding hydrogens is 713 g/mol. The van der Waals surface area contributed by atoms with E-state index in [0.29, 0.717) is 35.9 Å². The number of nitrogens with zero attached hydrogens (tertiary/aromatic N) is 1. The highest BCUT2D eigenvalue weighted by Crippen LogP contribution is 2.50. The molecule has 1 amide bonds. The van der Waals surface area contributed by atoms with Gasteiger partial charge in [-0.15, -0.1) is 29.3 Å². The van der Waals surface area contributed by atoms with E-state index in [1.807, 2.05) is 23.1 Å². The van der Waals surface area contributed by atoms with Crippen LogP contribution in [0.1, 0.15) is 114 Å². The largest absolute Gasteiger partial charge is 0.399 e. The van der Waals surface area contributed by atoms with Crippen molar-refractivity contribution in [1.29, 1.82) is 0 Å². The van der Waals surface area contributed by atoms with Crippen molar-refractivity contribution in [2.45, 2.75) is 105 Å². The summed E-state index contributed by atoms with van der Waals surface area (Å²) in [6, 6.07) is 25.2. The number of benzene rings is 2. The van der Waals surface area contributed by atoms with Crippen LogP contribution in [0.3, 0.4) is 0 Å². The first-order valence-corrected chi connectivity index (χ1v) is 22.2. The molecule has 2 aliphatic rings. The number of thiophene rings is 2. The van der Waals surface area contributed by atoms with Crippen molar-refractivity contribution in [2.24, 2.45) is 11.8 Å². The van der Waals surface area contributed by atoms with Crippen molar-refractivity contribution in [3.05, 3.63) is 124 Å². The monoisotopic (exact) mass is 770 g/mol. The zero-order valence-corrected chi connectivity index (χ0v) is 34.9. The van der Waals surface area contributed by atoms with Crippen LogP contribution in [0.2, 0.25) is 0 Å².